The molecule has 3 aliphatic rings. The SMILES string of the molecule is CCCCNC(=O)C1N([C@@H](CO)Cc2ccccc2)C(=O)[C@@H]2[C@@H](C(=O)OCC)[C@@]3(C)CCC12O3. The molecule has 1 aromatic carbocycles. The van der Waals surface area contributed by atoms with Crippen LogP contribution in [0.25, 0.3) is 0 Å². The number of hydrogen-bond acceptors (Lipinski definition) is 6. The van der Waals surface area contributed by atoms with Crippen LogP contribution in [0.3, 0.4) is 0 Å². The molecule has 2 amide bonds. The Kier molecular flexibility index (Phi) is 7.01. The highest BCUT2D eigenvalue weighted by atomic mass is 16.6. The van der Waals surface area contributed by atoms with Crippen LogP contribution in [-0.2, 0) is 30.3 Å². The molecule has 2 bridgehead atoms. The normalized spacial score (nSPS) is 32.5. The zero-order valence-corrected chi connectivity index (χ0v) is 20.3. The van der Waals surface area contributed by atoms with Crippen LogP contribution in [0.2, 0.25) is 0 Å². The number of benzene rings is 1. The third-order valence-electron chi connectivity index (χ3n) is 7.75. The molecule has 0 radical (unpaired) electrons. The van der Waals surface area contributed by atoms with E-state index in [0.29, 0.717) is 25.8 Å². The van der Waals surface area contributed by atoms with Crippen LogP contribution in [0.15, 0.2) is 30.3 Å². The van der Waals surface area contributed by atoms with Crippen molar-refractivity contribution in [1.82, 2.24) is 10.2 Å². The highest BCUT2D eigenvalue weighted by Crippen LogP contribution is 2.63. The number of nitrogens with one attached hydrogen (secondary N) is 1. The zero-order chi connectivity index (χ0) is 24.5. The van der Waals surface area contributed by atoms with Gasteiger partial charge in [-0.05, 0) is 45.1 Å². The Morgan fingerprint density at radius 3 is 2.65 bits per heavy atom. The van der Waals surface area contributed by atoms with Gasteiger partial charge < -0.3 is 24.8 Å². The second-order valence-corrected chi connectivity index (χ2v) is 9.90. The Bertz CT molecular complexity index is 923. The molecule has 3 heterocycles. The summed E-state index contributed by atoms with van der Waals surface area (Å²) in [7, 11) is 0. The summed E-state index contributed by atoms with van der Waals surface area (Å²) in [6, 6.07) is 8.05. The molecule has 0 aliphatic carbocycles. The number of hydrogen-bond donors (Lipinski definition) is 2. The second-order valence-electron chi connectivity index (χ2n) is 9.90. The Labute approximate surface area is 201 Å². The van der Waals surface area contributed by atoms with Gasteiger partial charge in [0.1, 0.15) is 17.6 Å². The first-order valence-electron chi connectivity index (χ1n) is 12.4. The third-order valence-corrected chi connectivity index (χ3v) is 7.75. The van der Waals surface area contributed by atoms with Gasteiger partial charge in [-0.3, -0.25) is 14.4 Å². The molecular formula is C26H36N2O6. The van der Waals surface area contributed by atoms with Gasteiger partial charge in [0, 0.05) is 6.54 Å². The molecule has 0 aromatic heterocycles. The smallest absolute Gasteiger partial charge is 0.312 e. The number of amides is 2. The molecule has 3 fully saturated rings. The van der Waals surface area contributed by atoms with Crippen molar-refractivity contribution in [1.29, 1.82) is 0 Å². The number of aliphatic hydroxyl groups is 1. The number of ether oxygens (including phenoxy) is 2. The van der Waals surface area contributed by atoms with Crippen LogP contribution < -0.4 is 5.32 Å². The summed E-state index contributed by atoms with van der Waals surface area (Å²) in [4.78, 5) is 42.2. The minimum Gasteiger partial charge on any atom is -0.466 e. The Morgan fingerprint density at radius 1 is 1.26 bits per heavy atom. The van der Waals surface area contributed by atoms with Crippen molar-refractivity contribution in [3.8, 4) is 0 Å². The molecule has 1 aromatic rings. The summed E-state index contributed by atoms with van der Waals surface area (Å²) in [6.07, 6.45) is 3.21. The van der Waals surface area contributed by atoms with Crippen LogP contribution in [0.1, 0.15) is 52.0 Å². The van der Waals surface area contributed by atoms with Crippen LogP contribution >= 0.6 is 0 Å². The molecule has 34 heavy (non-hydrogen) atoms. The van der Waals surface area contributed by atoms with Crippen molar-refractivity contribution < 1.29 is 29.0 Å². The topological polar surface area (TPSA) is 105 Å². The van der Waals surface area contributed by atoms with Crippen molar-refractivity contribution >= 4 is 17.8 Å². The van der Waals surface area contributed by atoms with E-state index in [1.54, 1.807) is 6.92 Å². The van der Waals surface area contributed by atoms with Crippen molar-refractivity contribution in [2.45, 2.75) is 76.2 Å². The molecule has 2 unspecified atom stereocenters. The number of carbonyl (C=O) groups excluding carboxylic acids is 3. The summed E-state index contributed by atoms with van der Waals surface area (Å²) in [5.74, 6) is -2.64. The van der Waals surface area contributed by atoms with E-state index in [0.717, 1.165) is 18.4 Å². The first kappa shape index (κ1) is 24.7. The number of fused-ring (bicyclic) bond motifs is 1. The number of carbonyl (C=O) groups is 3. The average molecular weight is 473 g/mol. The van der Waals surface area contributed by atoms with Gasteiger partial charge in [-0.2, -0.15) is 0 Å². The average Bonchev–Trinajstić information content (AvgIpc) is 3.39. The number of unbranched alkanes of at least 4 members (excludes halogenated alkanes) is 1. The first-order chi connectivity index (χ1) is 16.3. The molecule has 6 atom stereocenters. The van der Waals surface area contributed by atoms with Crippen molar-refractivity contribution in [2.24, 2.45) is 11.8 Å². The molecule has 2 N–H and O–H groups in total. The molecule has 4 rings (SSSR count). The molecule has 3 aliphatic heterocycles. The van der Waals surface area contributed by atoms with Gasteiger partial charge in [0.15, 0.2) is 0 Å². The monoisotopic (exact) mass is 472 g/mol. The van der Waals surface area contributed by atoms with E-state index in [2.05, 4.69) is 5.32 Å². The van der Waals surface area contributed by atoms with Crippen molar-refractivity contribution in [2.75, 3.05) is 19.8 Å². The van der Waals surface area contributed by atoms with Gasteiger partial charge in [-0.1, -0.05) is 43.7 Å². The molecular weight excluding hydrogens is 436 g/mol. The number of nitrogens with zero attached hydrogens (tertiary/aromatic N) is 1. The fraction of sp³-hybridized carbons (Fsp3) is 0.654. The lowest BCUT2D eigenvalue weighted by molar-refractivity contribution is -0.160. The van der Waals surface area contributed by atoms with E-state index >= 15 is 0 Å². The highest BCUT2D eigenvalue weighted by molar-refractivity contribution is 5.98. The standard InChI is InChI=1S/C26H36N2O6/c1-4-6-14-27-22(30)21-26-13-12-25(3,34-26)20(24(32)33-5-2)19(26)23(31)28(21)18(16-29)15-17-10-8-7-9-11-17/h7-11,18-21,29H,4-6,12-16H2,1-3H3,(H,27,30)/t18-,19+,20+,21?,25-,26?/m1/s1. The van der Waals surface area contributed by atoms with E-state index in [-0.39, 0.29) is 25.0 Å². The maximum Gasteiger partial charge on any atom is 0.312 e. The summed E-state index contributed by atoms with van der Waals surface area (Å²) >= 11 is 0. The maximum absolute atomic E-state index is 14.0. The minimum absolute atomic E-state index is 0.206. The Morgan fingerprint density at radius 2 is 2.00 bits per heavy atom. The minimum atomic E-state index is -1.11. The van der Waals surface area contributed by atoms with E-state index in [1.165, 1.54) is 4.90 Å². The number of esters is 1. The van der Waals surface area contributed by atoms with Gasteiger partial charge in [0.2, 0.25) is 11.8 Å². The summed E-state index contributed by atoms with van der Waals surface area (Å²) < 4.78 is 11.9. The van der Waals surface area contributed by atoms with Crippen LogP contribution in [0, 0.1) is 11.8 Å². The van der Waals surface area contributed by atoms with Gasteiger partial charge in [-0.25, -0.2) is 0 Å². The molecule has 1 spiro atoms. The lowest BCUT2D eigenvalue weighted by atomic mass is 9.66. The quantitative estimate of drug-likeness (QED) is 0.398. The van der Waals surface area contributed by atoms with Gasteiger partial charge in [0.05, 0.1) is 30.8 Å². The van der Waals surface area contributed by atoms with E-state index in [4.69, 9.17) is 9.47 Å². The van der Waals surface area contributed by atoms with E-state index in [9.17, 15) is 19.5 Å². The fourth-order valence-corrected chi connectivity index (χ4v) is 6.27. The molecule has 0 saturated carbocycles. The zero-order valence-electron chi connectivity index (χ0n) is 20.3. The summed E-state index contributed by atoms with van der Waals surface area (Å²) in [6.45, 7) is 6.02. The Hall–Kier alpha value is -2.45. The van der Waals surface area contributed by atoms with Gasteiger partial charge >= 0.3 is 5.97 Å². The molecule has 8 heteroatoms. The highest BCUT2D eigenvalue weighted by Gasteiger charge is 2.78. The maximum atomic E-state index is 14.0. The molecule has 186 valence electrons. The first-order valence-corrected chi connectivity index (χ1v) is 12.4. The fourth-order valence-electron chi connectivity index (χ4n) is 6.27. The third kappa shape index (κ3) is 3.90. The van der Waals surface area contributed by atoms with Gasteiger partial charge in [-0.15, -0.1) is 0 Å². The lowest BCUT2D eigenvalue weighted by Gasteiger charge is -2.37. The van der Waals surface area contributed by atoms with Crippen LogP contribution in [-0.4, -0.2) is 70.8 Å². The van der Waals surface area contributed by atoms with E-state index in [1.807, 2.05) is 44.2 Å². The lowest BCUT2D eigenvalue weighted by Crippen LogP contribution is -2.58. The molecule has 3 saturated heterocycles. The molecule has 8 nitrogen and oxygen atoms in total. The second kappa shape index (κ2) is 9.66. The van der Waals surface area contributed by atoms with Crippen LogP contribution in [0.4, 0.5) is 0 Å². The van der Waals surface area contributed by atoms with Crippen molar-refractivity contribution in [3.63, 3.8) is 0 Å². The number of rotatable bonds is 10. The summed E-state index contributed by atoms with van der Waals surface area (Å²) in [5.41, 5.74) is -1.01. The number of likely N-dealkylation sites (tertiary alicyclic amines) is 1. The van der Waals surface area contributed by atoms with Crippen molar-refractivity contribution in [3.05, 3.63) is 35.9 Å². The summed E-state index contributed by atoms with van der Waals surface area (Å²) in [5, 5.41) is 13.3. The van der Waals surface area contributed by atoms with E-state index < -0.39 is 41.1 Å². The van der Waals surface area contributed by atoms with Gasteiger partial charge in [0.25, 0.3) is 0 Å². The Balaban J connectivity index is 1.73. The predicted octanol–water partition coefficient (Wildman–Crippen LogP) is 1.83. The largest absolute Gasteiger partial charge is 0.466 e. The number of aliphatic hydroxyl groups excluding tert-OH is 1. The van der Waals surface area contributed by atoms with Crippen LogP contribution in [0.5, 0.6) is 0 Å². The predicted molar refractivity (Wildman–Crippen MR) is 125 cm³/mol.